The van der Waals surface area contributed by atoms with Crippen molar-refractivity contribution in [3.05, 3.63) is 89.9 Å². The van der Waals surface area contributed by atoms with Crippen LogP contribution in [0.3, 0.4) is 0 Å². The molecule has 0 radical (unpaired) electrons. The van der Waals surface area contributed by atoms with Crippen LogP contribution < -0.4 is 9.47 Å². The van der Waals surface area contributed by atoms with Gasteiger partial charge in [0.05, 0.1) is 0 Å². The van der Waals surface area contributed by atoms with Gasteiger partial charge in [0.15, 0.2) is 23.0 Å². The van der Waals surface area contributed by atoms with E-state index in [0.717, 1.165) is 10.5 Å². The van der Waals surface area contributed by atoms with Crippen LogP contribution >= 0.6 is 0 Å². The predicted molar refractivity (Wildman–Crippen MR) is 112 cm³/mol. The van der Waals surface area contributed by atoms with Gasteiger partial charge in [0.25, 0.3) is 0 Å². The Morgan fingerprint density at radius 1 is 0.935 bits per heavy atom. The third-order valence-corrected chi connectivity index (χ3v) is 4.24. The molecule has 0 aliphatic carbocycles. The van der Waals surface area contributed by atoms with Gasteiger partial charge in [-0.25, -0.2) is 9.69 Å². The Morgan fingerprint density at radius 2 is 1.61 bits per heavy atom. The van der Waals surface area contributed by atoms with Crippen molar-refractivity contribution in [3.63, 3.8) is 0 Å². The molecule has 0 atom stereocenters. The largest absolute Gasteiger partial charge is 0.457 e. The number of hydrogen-bond acceptors (Lipinski definition) is 6. The zero-order valence-electron chi connectivity index (χ0n) is 17.3. The average Bonchev–Trinajstić information content (AvgIpc) is 2.74. The van der Waals surface area contributed by atoms with Crippen molar-refractivity contribution >= 4 is 18.1 Å². The molecule has 2 heterocycles. The zero-order chi connectivity index (χ0) is 22.0. The van der Waals surface area contributed by atoms with E-state index in [2.05, 4.69) is 0 Å². The molecule has 0 saturated heterocycles. The van der Waals surface area contributed by atoms with Crippen LogP contribution in [0, 0.1) is 0 Å². The molecule has 2 amide bonds. The van der Waals surface area contributed by atoms with E-state index in [9.17, 15) is 9.59 Å². The fourth-order valence-corrected chi connectivity index (χ4v) is 2.90. The number of nitrogens with zero attached hydrogens (tertiary/aromatic N) is 1. The number of hydrogen-bond donors (Lipinski definition) is 0. The molecule has 2 aliphatic heterocycles. The van der Waals surface area contributed by atoms with Crippen LogP contribution in [0.5, 0.6) is 11.5 Å². The minimum atomic E-state index is -0.852. The van der Waals surface area contributed by atoms with E-state index in [-0.39, 0.29) is 17.2 Å². The number of rotatable bonds is 2. The van der Waals surface area contributed by atoms with Crippen molar-refractivity contribution in [3.8, 4) is 11.5 Å². The summed E-state index contributed by atoms with van der Waals surface area (Å²) in [6, 6.07) is 16.2. The summed E-state index contributed by atoms with van der Waals surface area (Å²) in [5, 5.41) is 0. The lowest BCUT2D eigenvalue weighted by Crippen LogP contribution is -2.44. The molecule has 0 spiro atoms. The fraction of sp³-hybridized carbons (Fsp3) is 0.167. The van der Waals surface area contributed by atoms with E-state index >= 15 is 0 Å². The smallest absolute Gasteiger partial charge is 0.422 e. The first-order valence-electron chi connectivity index (χ1n) is 9.67. The van der Waals surface area contributed by atoms with Crippen LogP contribution in [-0.4, -0.2) is 22.5 Å². The Bertz CT molecular complexity index is 1110. The van der Waals surface area contributed by atoms with Crippen molar-refractivity contribution in [2.75, 3.05) is 0 Å². The van der Waals surface area contributed by atoms with Gasteiger partial charge in [-0.05, 0) is 44.5 Å². The van der Waals surface area contributed by atoms with Gasteiger partial charge >= 0.3 is 12.0 Å². The molecular formula is C24H21NO6. The van der Waals surface area contributed by atoms with Crippen LogP contribution in [0.1, 0.15) is 26.3 Å². The molecule has 7 heteroatoms. The second kappa shape index (κ2) is 8.02. The van der Waals surface area contributed by atoms with Crippen LogP contribution in [0.4, 0.5) is 4.79 Å². The van der Waals surface area contributed by atoms with Crippen LogP contribution in [0.25, 0.3) is 6.08 Å². The highest BCUT2D eigenvalue weighted by atomic mass is 16.6. The molecule has 7 nitrogen and oxygen atoms in total. The summed E-state index contributed by atoms with van der Waals surface area (Å²) in [5.41, 5.74) is 0.00539. The summed E-state index contributed by atoms with van der Waals surface area (Å²) in [4.78, 5) is 27.1. The van der Waals surface area contributed by atoms with Crippen LogP contribution in [0.15, 0.2) is 84.3 Å². The van der Waals surface area contributed by atoms with Gasteiger partial charge in [-0.1, -0.05) is 42.5 Å². The molecule has 0 unspecified atom stereocenters. The molecule has 0 bridgehead atoms. The lowest BCUT2D eigenvalue weighted by atomic mass is 10.1. The maximum atomic E-state index is 13.2. The lowest BCUT2D eigenvalue weighted by Gasteiger charge is -2.31. The monoisotopic (exact) mass is 419 g/mol. The highest BCUT2D eigenvalue weighted by molar-refractivity contribution is 6.06. The molecular weight excluding hydrogens is 398 g/mol. The summed E-state index contributed by atoms with van der Waals surface area (Å²) >= 11 is 0. The molecule has 0 saturated carbocycles. The Kier molecular flexibility index (Phi) is 5.25. The zero-order valence-corrected chi connectivity index (χ0v) is 17.3. The molecule has 0 aromatic heterocycles. The minimum Gasteiger partial charge on any atom is -0.457 e. The standard InChI is InChI=1S/C24H21NO6/c1-24(2,3)31-23(27)25-17(21-15-29-18-11-7-8-12-19(18)30-21)14-28-20(22(25)26)13-16-9-5-4-6-10-16/h4-15H,1-3H3/b20-13-. The van der Waals surface area contributed by atoms with Gasteiger partial charge < -0.3 is 18.9 Å². The molecule has 0 fully saturated rings. The number of para-hydroxylation sites is 2. The van der Waals surface area contributed by atoms with E-state index in [0.29, 0.717) is 11.5 Å². The number of carbonyl (C=O) groups excluding carboxylic acids is 2. The Hall–Kier alpha value is -4.00. The third-order valence-electron chi connectivity index (χ3n) is 4.24. The molecule has 31 heavy (non-hydrogen) atoms. The summed E-state index contributed by atoms with van der Waals surface area (Å²) < 4.78 is 22.5. The number of carbonyl (C=O) groups is 2. The first kappa shape index (κ1) is 20.3. The van der Waals surface area contributed by atoms with Crippen molar-refractivity contribution in [1.29, 1.82) is 0 Å². The van der Waals surface area contributed by atoms with Gasteiger partial charge in [-0.15, -0.1) is 0 Å². The van der Waals surface area contributed by atoms with Gasteiger partial charge in [0.1, 0.15) is 23.8 Å². The number of imide groups is 1. The van der Waals surface area contributed by atoms with E-state index < -0.39 is 17.6 Å². The van der Waals surface area contributed by atoms with Gasteiger partial charge in [-0.2, -0.15) is 0 Å². The quantitative estimate of drug-likeness (QED) is 0.640. The summed E-state index contributed by atoms with van der Waals surface area (Å²) in [6.07, 6.45) is 3.28. The number of ether oxygens (including phenoxy) is 4. The van der Waals surface area contributed by atoms with Crippen molar-refractivity contribution in [1.82, 2.24) is 4.90 Å². The highest BCUT2D eigenvalue weighted by Gasteiger charge is 2.39. The minimum absolute atomic E-state index is 0.0291. The Morgan fingerprint density at radius 3 is 2.32 bits per heavy atom. The fourth-order valence-electron chi connectivity index (χ4n) is 2.90. The Labute approximate surface area is 179 Å². The van der Waals surface area contributed by atoms with Crippen molar-refractivity contribution in [2.24, 2.45) is 0 Å². The summed E-state index contributed by atoms with van der Waals surface area (Å²) in [7, 11) is 0. The van der Waals surface area contributed by atoms with E-state index in [1.165, 1.54) is 12.5 Å². The molecule has 4 rings (SSSR count). The molecule has 0 N–H and O–H groups in total. The van der Waals surface area contributed by atoms with E-state index in [1.54, 1.807) is 51.1 Å². The molecule has 2 aromatic carbocycles. The lowest BCUT2D eigenvalue weighted by molar-refractivity contribution is -0.128. The number of fused-ring (bicyclic) bond motifs is 1. The Balaban J connectivity index is 1.70. The second-order valence-electron chi connectivity index (χ2n) is 7.81. The van der Waals surface area contributed by atoms with Crippen LogP contribution in [-0.2, 0) is 14.3 Å². The molecule has 2 aliphatic rings. The third kappa shape index (κ3) is 4.45. The predicted octanol–water partition coefficient (Wildman–Crippen LogP) is 4.98. The van der Waals surface area contributed by atoms with E-state index in [1.807, 2.05) is 30.3 Å². The molecule has 158 valence electrons. The maximum Gasteiger partial charge on any atom is 0.422 e. The number of benzene rings is 2. The van der Waals surface area contributed by atoms with Crippen molar-refractivity contribution < 1.29 is 28.5 Å². The summed E-state index contributed by atoms with van der Waals surface area (Å²) in [6.45, 7) is 5.15. The number of amides is 2. The highest BCUT2D eigenvalue weighted by Crippen LogP contribution is 2.36. The maximum absolute atomic E-state index is 13.2. The SMILES string of the molecule is CC(C)(C)OC(=O)N1C(=O)/C(=C/c2ccccc2)OC=C1C1=COc2ccccc2O1. The van der Waals surface area contributed by atoms with Crippen LogP contribution in [0.2, 0.25) is 0 Å². The second-order valence-corrected chi connectivity index (χ2v) is 7.81. The first-order valence-corrected chi connectivity index (χ1v) is 9.67. The van der Waals surface area contributed by atoms with Crippen molar-refractivity contribution in [2.45, 2.75) is 26.4 Å². The normalized spacial score (nSPS) is 16.9. The average molecular weight is 419 g/mol. The molecule has 2 aromatic rings. The topological polar surface area (TPSA) is 74.3 Å². The summed E-state index contributed by atoms with van der Waals surface area (Å²) in [5.74, 6) is 0.390. The van der Waals surface area contributed by atoms with E-state index in [4.69, 9.17) is 18.9 Å². The first-order chi connectivity index (χ1) is 14.8. The van der Waals surface area contributed by atoms with Gasteiger partial charge in [0, 0.05) is 0 Å². The van der Waals surface area contributed by atoms with Gasteiger partial charge in [0.2, 0.25) is 0 Å². The van der Waals surface area contributed by atoms with Gasteiger partial charge in [-0.3, -0.25) is 4.79 Å².